The van der Waals surface area contributed by atoms with Crippen molar-refractivity contribution in [3.8, 4) is 0 Å². The molecule has 3 heteroatoms. The van der Waals surface area contributed by atoms with Crippen LogP contribution in [0.5, 0.6) is 0 Å². The Bertz CT molecular complexity index is 459. The Labute approximate surface area is 108 Å². The van der Waals surface area contributed by atoms with E-state index in [0.29, 0.717) is 0 Å². The maximum Gasteiger partial charge on any atom is 0.411 e. The van der Waals surface area contributed by atoms with Crippen LogP contribution in [0.2, 0.25) is 0 Å². The predicted molar refractivity (Wildman–Crippen MR) is 69.2 cm³/mol. The summed E-state index contributed by atoms with van der Waals surface area (Å²) in [6.07, 6.45) is 1.94. The molecule has 2 bridgehead atoms. The van der Waals surface area contributed by atoms with Crippen molar-refractivity contribution < 1.29 is 9.53 Å². The molecule has 96 valence electrons. The molecular formula is C15H19NO2. The van der Waals surface area contributed by atoms with E-state index < -0.39 is 5.60 Å². The maximum absolute atomic E-state index is 12.3. The van der Waals surface area contributed by atoms with Crippen LogP contribution >= 0.6 is 0 Å². The van der Waals surface area contributed by atoms with E-state index in [2.05, 4.69) is 12.1 Å². The molecule has 1 aromatic rings. The molecule has 3 nitrogen and oxygen atoms in total. The van der Waals surface area contributed by atoms with Crippen LogP contribution in [0.15, 0.2) is 24.3 Å². The zero-order valence-corrected chi connectivity index (χ0v) is 11.1. The Morgan fingerprint density at radius 2 is 1.67 bits per heavy atom. The molecule has 1 aromatic carbocycles. The highest BCUT2D eigenvalue weighted by Gasteiger charge is 2.47. The van der Waals surface area contributed by atoms with Crippen LogP contribution in [0.4, 0.5) is 4.79 Å². The summed E-state index contributed by atoms with van der Waals surface area (Å²) >= 11 is 0. The minimum Gasteiger partial charge on any atom is -0.444 e. The predicted octanol–water partition coefficient (Wildman–Crippen LogP) is 3.81. The van der Waals surface area contributed by atoms with Crippen molar-refractivity contribution in [3.05, 3.63) is 35.4 Å². The molecule has 0 radical (unpaired) electrons. The van der Waals surface area contributed by atoms with Crippen LogP contribution < -0.4 is 0 Å². The van der Waals surface area contributed by atoms with Gasteiger partial charge in [0.2, 0.25) is 0 Å². The Balaban J connectivity index is 1.88. The zero-order chi connectivity index (χ0) is 12.9. The van der Waals surface area contributed by atoms with E-state index in [1.807, 2.05) is 37.8 Å². The fourth-order valence-corrected chi connectivity index (χ4v) is 3.11. The highest BCUT2D eigenvalue weighted by Crippen LogP contribution is 2.53. The molecule has 2 atom stereocenters. The lowest BCUT2D eigenvalue weighted by Crippen LogP contribution is -2.34. The second-order valence-electron chi connectivity index (χ2n) is 6.13. The standard InChI is InChI=1S/C15H19NO2/c1-15(2,3)18-14(17)16-12-8-9-13(16)11-7-5-4-6-10(11)12/h4-7,12-13H,8-9H2,1-3H3/t12-,13-/m0/s1. The molecule has 0 unspecified atom stereocenters. The number of ether oxygens (including phenoxy) is 1. The fourth-order valence-electron chi connectivity index (χ4n) is 3.11. The van der Waals surface area contributed by atoms with Crippen LogP contribution in [0.3, 0.4) is 0 Å². The van der Waals surface area contributed by atoms with Crippen LogP contribution in [0.25, 0.3) is 0 Å². The molecule has 18 heavy (non-hydrogen) atoms. The maximum atomic E-state index is 12.3. The number of benzene rings is 1. The third kappa shape index (κ3) is 1.69. The van der Waals surface area contributed by atoms with E-state index in [4.69, 9.17) is 4.74 Å². The number of carbonyl (C=O) groups excluding carboxylic acids is 1. The molecule has 0 aromatic heterocycles. The topological polar surface area (TPSA) is 29.5 Å². The third-order valence-electron chi connectivity index (χ3n) is 3.70. The lowest BCUT2D eigenvalue weighted by molar-refractivity contribution is 0.0177. The number of hydrogen-bond donors (Lipinski definition) is 0. The first kappa shape index (κ1) is 11.6. The lowest BCUT2D eigenvalue weighted by Gasteiger charge is -2.27. The van der Waals surface area contributed by atoms with E-state index in [0.717, 1.165) is 12.8 Å². The van der Waals surface area contributed by atoms with E-state index in [9.17, 15) is 4.79 Å². The highest BCUT2D eigenvalue weighted by molar-refractivity contribution is 5.72. The van der Waals surface area contributed by atoms with Crippen LogP contribution in [0, 0.1) is 0 Å². The lowest BCUT2D eigenvalue weighted by atomic mass is 9.92. The normalized spacial score (nSPS) is 25.2. The van der Waals surface area contributed by atoms with Crippen molar-refractivity contribution in [2.45, 2.75) is 51.3 Å². The summed E-state index contributed by atoms with van der Waals surface area (Å²) in [6, 6.07) is 8.81. The molecule has 0 saturated carbocycles. The van der Waals surface area contributed by atoms with Gasteiger partial charge < -0.3 is 4.74 Å². The van der Waals surface area contributed by atoms with Gasteiger partial charge in [0, 0.05) is 0 Å². The fraction of sp³-hybridized carbons (Fsp3) is 0.533. The monoisotopic (exact) mass is 245 g/mol. The number of carbonyl (C=O) groups is 1. The Kier molecular flexibility index (Phi) is 2.40. The Hall–Kier alpha value is -1.51. The average Bonchev–Trinajstić information content (AvgIpc) is 2.83. The van der Waals surface area contributed by atoms with Gasteiger partial charge in [-0.2, -0.15) is 0 Å². The molecule has 0 aliphatic carbocycles. The Morgan fingerprint density at radius 1 is 1.17 bits per heavy atom. The summed E-state index contributed by atoms with van der Waals surface area (Å²) in [5.74, 6) is 0. The SMILES string of the molecule is CC(C)(C)OC(=O)N1[C@H]2CC[C@H]1c1ccccc12. The van der Waals surface area contributed by atoms with E-state index in [1.54, 1.807) is 0 Å². The number of rotatable bonds is 0. The quantitative estimate of drug-likeness (QED) is 0.695. The van der Waals surface area contributed by atoms with Crippen molar-refractivity contribution in [2.75, 3.05) is 0 Å². The summed E-state index contributed by atoms with van der Waals surface area (Å²) in [5.41, 5.74) is 2.19. The molecule has 2 aliphatic rings. The van der Waals surface area contributed by atoms with Crippen molar-refractivity contribution in [2.24, 2.45) is 0 Å². The van der Waals surface area contributed by atoms with E-state index >= 15 is 0 Å². The second-order valence-corrected chi connectivity index (χ2v) is 6.13. The van der Waals surface area contributed by atoms with Crippen molar-refractivity contribution >= 4 is 6.09 Å². The van der Waals surface area contributed by atoms with Gasteiger partial charge in [0.25, 0.3) is 0 Å². The summed E-state index contributed by atoms with van der Waals surface area (Å²) in [5, 5.41) is 0. The zero-order valence-electron chi connectivity index (χ0n) is 11.1. The smallest absolute Gasteiger partial charge is 0.411 e. The van der Waals surface area contributed by atoms with Gasteiger partial charge >= 0.3 is 6.09 Å². The second kappa shape index (κ2) is 3.74. The first-order chi connectivity index (χ1) is 8.47. The van der Waals surface area contributed by atoms with Gasteiger partial charge in [0.15, 0.2) is 0 Å². The van der Waals surface area contributed by atoms with Crippen molar-refractivity contribution in [1.29, 1.82) is 0 Å². The first-order valence-electron chi connectivity index (χ1n) is 6.57. The van der Waals surface area contributed by atoms with Gasteiger partial charge in [0.1, 0.15) is 5.60 Å². The van der Waals surface area contributed by atoms with Gasteiger partial charge in [0.05, 0.1) is 12.1 Å². The number of hydrogen-bond acceptors (Lipinski definition) is 2. The Morgan fingerprint density at radius 3 is 2.11 bits per heavy atom. The van der Waals surface area contributed by atoms with Crippen molar-refractivity contribution in [1.82, 2.24) is 4.90 Å². The van der Waals surface area contributed by atoms with Gasteiger partial charge in [-0.1, -0.05) is 24.3 Å². The summed E-state index contributed by atoms with van der Waals surface area (Å²) in [6.45, 7) is 5.74. The van der Waals surface area contributed by atoms with Crippen LogP contribution in [0.1, 0.15) is 56.8 Å². The molecular weight excluding hydrogens is 226 g/mol. The minimum absolute atomic E-state index is 0.175. The highest BCUT2D eigenvalue weighted by atomic mass is 16.6. The average molecular weight is 245 g/mol. The molecule has 1 saturated heterocycles. The summed E-state index contributed by atoms with van der Waals surface area (Å²) in [7, 11) is 0. The summed E-state index contributed by atoms with van der Waals surface area (Å²) in [4.78, 5) is 14.2. The van der Waals surface area contributed by atoms with E-state index in [-0.39, 0.29) is 18.2 Å². The molecule has 1 amide bonds. The largest absolute Gasteiger partial charge is 0.444 e. The molecule has 0 N–H and O–H groups in total. The molecule has 2 heterocycles. The van der Waals surface area contributed by atoms with E-state index in [1.165, 1.54) is 11.1 Å². The van der Waals surface area contributed by atoms with Gasteiger partial charge in [-0.05, 0) is 44.7 Å². The van der Waals surface area contributed by atoms with Crippen LogP contribution in [-0.2, 0) is 4.74 Å². The van der Waals surface area contributed by atoms with Crippen LogP contribution in [-0.4, -0.2) is 16.6 Å². The van der Waals surface area contributed by atoms with Gasteiger partial charge in [-0.25, -0.2) is 4.79 Å². The first-order valence-corrected chi connectivity index (χ1v) is 6.57. The molecule has 2 aliphatic heterocycles. The number of amides is 1. The van der Waals surface area contributed by atoms with Crippen molar-refractivity contribution in [3.63, 3.8) is 0 Å². The summed E-state index contributed by atoms with van der Waals surface area (Å²) < 4.78 is 5.52. The third-order valence-corrected chi connectivity index (χ3v) is 3.70. The molecule has 0 spiro atoms. The molecule has 1 fully saturated rings. The van der Waals surface area contributed by atoms with Gasteiger partial charge in [-0.3, -0.25) is 4.90 Å². The molecule has 3 rings (SSSR count). The van der Waals surface area contributed by atoms with Gasteiger partial charge in [-0.15, -0.1) is 0 Å². The minimum atomic E-state index is -0.425. The number of nitrogens with zero attached hydrogens (tertiary/aromatic N) is 1. The number of fused-ring (bicyclic) bond motifs is 5.